The van der Waals surface area contributed by atoms with E-state index in [0.717, 1.165) is 30.5 Å². The number of rotatable bonds is 6. The number of aromatic nitrogens is 3. The van der Waals surface area contributed by atoms with Crippen LogP contribution < -0.4 is 11.0 Å². The molecule has 0 aromatic carbocycles. The molecular weight excluding hydrogens is 284 g/mol. The van der Waals surface area contributed by atoms with E-state index in [9.17, 15) is 4.79 Å². The third-order valence-corrected chi connectivity index (χ3v) is 5.87. The Morgan fingerprint density at radius 3 is 2.90 bits per heavy atom. The molecule has 0 bridgehead atoms. The normalized spacial score (nSPS) is 29.7. The molecule has 3 rings (SSSR count). The zero-order valence-electron chi connectivity index (χ0n) is 13.0. The Kier molecular flexibility index (Phi) is 4.74. The Hall–Kier alpha value is -0.750. The van der Waals surface area contributed by atoms with E-state index >= 15 is 0 Å². The number of hydrogen-bond donors (Lipinski definition) is 2. The average Bonchev–Trinajstić information content (AvgIpc) is 3.23. The molecule has 2 aliphatic carbocycles. The van der Waals surface area contributed by atoms with E-state index in [1.807, 2.05) is 4.57 Å². The summed E-state index contributed by atoms with van der Waals surface area (Å²) in [5.74, 6) is 0.766. The van der Waals surface area contributed by atoms with E-state index < -0.39 is 0 Å². The first kappa shape index (κ1) is 15.2. The zero-order valence-corrected chi connectivity index (χ0v) is 13.8. The van der Waals surface area contributed by atoms with E-state index in [0.29, 0.717) is 17.3 Å². The van der Waals surface area contributed by atoms with Gasteiger partial charge in [0.25, 0.3) is 0 Å². The van der Waals surface area contributed by atoms with Gasteiger partial charge in [-0.05, 0) is 51.0 Å². The number of H-pyrrole nitrogens is 1. The first-order chi connectivity index (χ1) is 10.2. The zero-order chi connectivity index (χ0) is 14.8. The number of thioether (sulfide) groups is 1. The van der Waals surface area contributed by atoms with Crippen LogP contribution in [0.25, 0.3) is 0 Å². The van der Waals surface area contributed by atoms with Crippen molar-refractivity contribution >= 4 is 11.8 Å². The lowest BCUT2D eigenvalue weighted by molar-refractivity contribution is 0.317. The van der Waals surface area contributed by atoms with Crippen LogP contribution >= 0.6 is 11.8 Å². The minimum Gasteiger partial charge on any atom is -0.313 e. The van der Waals surface area contributed by atoms with Gasteiger partial charge < -0.3 is 5.32 Å². The molecule has 0 aliphatic heterocycles. The minimum absolute atomic E-state index is 0.0399. The van der Waals surface area contributed by atoms with Crippen molar-refractivity contribution < 1.29 is 0 Å². The molecule has 2 saturated carbocycles. The Balaban J connectivity index is 1.72. The van der Waals surface area contributed by atoms with Crippen molar-refractivity contribution in [2.75, 3.05) is 6.54 Å². The van der Waals surface area contributed by atoms with Crippen LogP contribution in [-0.4, -0.2) is 32.6 Å². The van der Waals surface area contributed by atoms with E-state index in [1.54, 1.807) is 11.8 Å². The Bertz CT molecular complexity index is 520. The summed E-state index contributed by atoms with van der Waals surface area (Å²) in [7, 11) is 0. The molecule has 0 spiro atoms. The first-order valence-electron chi connectivity index (χ1n) is 8.26. The van der Waals surface area contributed by atoms with Gasteiger partial charge in [0.05, 0.1) is 0 Å². The van der Waals surface area contributed by atoms with Gasteiger partial charge in [-0.25, -0.2) is 9.89 Å². The van der Waals surface area contributed by atoms with Crippen LogP contribution in [-0.2, 0) is 0 Å². The second-order valence-electron chi connectivity index (χ2n) is 6.55. The van der Waals surface area contributed by atoms with Gasteiger partial charge in [0.1, 0.15) is 0 Å². The number of nitrogens with zero attached hydrogens (tertiary/aromatic N) is 2. The Morgan fingerprint density at radius 2 is 2.19 bits per heavy atom. The highest BCUT2D eigenvalue weighted by molar-refractivity contribution is 7.99. The van der Waals surface area contributed by atoms with Gasteiger partial charge in [-0.15, -0.1) is 5.10 Å². The largest absolute Gasteiger partial charge is 0.344 e. The van der Waals surface area contributed by atoms with Crippen LogP contribution in [0, 0.1) is 5.92 Å². The monoisotopic (exact) mass is 310 g/mol. The van der Waals surface area contributed by atoms with Crippen molar-refractivity contribution in [3.8, 4) is 0 Å². The third kappa shape index (κ3) is 3.54. The lowest BCUT2D eigenvalue weighted by atomic mass is 9.87. The van der Waals surface area contributed by atoms with E-state index in [2.05, 4.69) is 29.4 Å². The van der Waals surface area contributed by atoms with Crippen molar-refractivity contribution in [2.24, 2.45) is 5.92 Å². The quantitative estimate of drug-likeness (QED) is 0.847. The maximum absolute atomic E-state index is 11.9. The van der Waals surface area contributed by atoms with Crippen LogP contribution in [0.5, 0.6) is 0 Å². The SMILES string of the molecule is CCCNC1CCC(C)CC1Sc1n[nH]c(=O)n1C1CC1. The van der Waals surface area contributed by atoms with Crippen LogP contribution in [0.2, 0.25) is 0 Å². The maximum Gasteiger partial charge on any atom is 0.344 e. The summed E-state index contributed by atoms with van der Waals surface area (Å²) in [6, 6.07) is 0.937. The summed E-state index contributed by atoms with van der Waals surface area (Å²) < 4.78 is 1.88. The second kappa shape index (κ2) is 6.57. The molecule has 0 saturated heterocycles. The molecule has 1 heterocycles. The standard InChI is InChI=1S/C15H26N4OS/c1-3-8-16-12-7-4-10(2)9-13(12)21-15-18-17-14(20)19(15)11-5-6-11/h10-13,16H,3-9H2,1-2H3,(H,17,20). The highest BCUT2D eigenvalue weighted by atomic mass is 32.2. The highest BCUT2D eigenvalue weighted by Crippen LogP contribution is 2.40. The smallest absolute Gasteiger partial charge is 0.313 e. The number of hydrogen-bond acceptors (Lipinski definition) is 4. The summed E-state index contributed by atoms with van der Waals surface area (Å²) in [5.41, 5.74) is -0.0399. The summed E-state index contributed by atoms with van der Waals surface area (Å²) in [5, 5.41) is 12.0. The molecule has 2 fully saturated rings. The van der Waals surface area contributed by atoms with Crippen LogP contribution in [0.4, 0.5) is 0 Å². The summed E-state index contributed by atoms with van der Waals surface area (Å²) in [6.07, 6.45) is 7.14. The molecule has 1 aromatic rings. The van der Waals surface area contributed by atoms with Gasteiger partial charge in [-0.1, -0.05) is 25.6 Å². The predicted octanol–water partition coefficient (Wildman–Crippen LogP) is 2.56. The lowest BCUT2D eigenvalue weighted by Crippen LogP contribution is -2.42. The molecule has 2 aliphatic rings. The molecule has 1 aromatic heterocycles. The van der Waals surface area contributed by atoms with Gasteiger partial charge in [0, 0.05) is 17.3 Å². The van der Waals surface area contributed by atoms with E-state index in [4.69, 9.17) is 0 Å². The fourth-order valence-electron chi connectivity index (χ4n) is 3.19. The lowest BCUT2D eigenvalue weighted by Gasteiger charge is -2.34. The van der Waals surface area contributed by atoms with E-state index in [-0.39, 0.29) is 5.69 Å². The molecule has 0 radical (unpaired) electrons. The van der Waals surface area contributed by atoms with E-state index in [1.165, 1.54) is 25.7 Å². The molecule has 21 heavy (non-hydrogen) atoms. The topological polar surface area (TPSA) is 62.7 Å². The molecule has 3 atom stereocenters. The molecule has 118 valence electrons. The molecule has 2 N–H and O–H groups in total. The molecule has 5 nitrogen and oxygen atoms in total. The van der Waals surface area contributed by atoms with Crippen molar-refractivity contribution in [3.05, 3.63) is 10.5 Å². The van der Waals surface area contributed by atoms with Crippen molar-refractivity contribution in [2.45, 2.75) is 74.9 Å². The third-order valence-electron chi connectivity index (χ3n) is 4.55. The molecular formula is C15H26N4OS. The Morgan fingerprint density at radius 1 is 1.38 bits per heavy atom. The maximum atomic E-state index is 11.9. The Labute approximate surface area is 130 Å². The predicted molar refractivity (Wildman–Crippen MR) is 85.9 cm³/mol. The summed E-state index contributed by atoms with van der Waals surface area (Å²) in [4.78, 5) is 11.9. The summed E-state index contributed by atoms with van der Waals surface area (Å²) >= 11 is 1.80. The van der Waals surface area contributed by atoms with Gasteiger partial charge in [0.15, 0.2) is 5.16 Å². The van der Waals surface area contributed by atoms with Gasteiger partial charge in [-0.3, -0.25) is 4.57 Å². The fraction of sp³-hybridized carbons (Fsp3) is 0.867. The first-order valence-corrected chi connectivity index (χ1v) is 9.14. The molecule has 6 heteroatoms. The second-order valence-corrected chi connectivity index (χ2v) is 7.75. The van der Waals surface area contributed by atoms with Crippen LogP contribution in [0.15, 0.2) is 9.95 Å². The highest BCUT2D eigenvalue weighted by Gasteiger charge is 2.33. The molecule has 0 amide bonds. The fourth-order valence-corrected chi connectivity index (χ4v) is 4.72. The van der Waals surface area contributed by atoms with Gasteiger partial charge >= 0.3 is 5.69 Å². The molecule has 3 unspecified atom stereocenters. The number of nitrogens with one attached hydrogen (secondary N) is 2. The average molecular weight is 310 g/mol. The van der Waals surface area contributed by atoms with Crippen molar-refractivity contribution in [1.82, 2.24) is 20.1 Å². The van der Waals surface area contributed by atoms with Crippen LogP contribution in [0.3, 0.4) is 0 Å². The van der Waals surface area contributed by atoms with Gasteiger partial charge in [-0.2, -0.15) is 0 Å². The van der Waals surface area contributed by atoms with Crippen molar-refractivity contribution in [3.63, 3.8) is 0 Å². The minimum atomic E-state index is -0.0399. The van der Waals surface area contributed by atoms with Gasteiger partial charge in [0.2, 0.25) is 0 Å². The van der Waals surface area contributed by atoms with Crippen molar-refractivity contribution in [1.29, 1.82) is 0 Å². The summed E-state index contributed by atoms with van der Waals surface area (Å²) in [6.45, 7) is 5.62. The van der Waals surface area contributed by atoms with Crippen LogP contribution in [0.1, 0.15) is 58.4 Å². The number of aromatic amines is 1.